The van der Waals surface area contributed by atoms with Crippen molar-refractivity contribution >= 4 is 33.1 Å². The predicted molar refractivity (Wildman–Crippen MR) is 179 cm³/mol. The average molecular weight is 680 g/mol. The summed E-state index contributed by atoms with van der Waals surface area (Å²) in [6, 6.07) is 13.0. The van der Waals surface area contributed by atoms with Gasteiger partial charge < -0.3 is 19.5 Å². The highest BCUT2D eigenvalue weighted by Crippen LogP contribution is 2.48. The van der Waals surface area contributed by atoms with E-state index in [9.17, 15) is 18.3 Å². The van der Waals surface area contributed by atoms with Crippen molar-refractivity contribution in [3.05, 3.63) is 76.6 Å². The van der Waals surface area contributed by atoms with Gasteiger partial charge in [0.25, 0.3) is 0 Å². The number of hydrogen-bond donors (Lipinski definition) is 1. The summed E-state index contributed by atoms with van der Waals surface area (Å²) in [6.45, 7) is 1.95. The molecule has 1 spiro atoms. The highest BCUT2D eigenvalue weighted by atomic mass is 35.5. The van der Waals surface area contributed by atoms with Gasteiger partial charge in [-0.05, 0) is 117 Å². The van der Waals surface area contributed by atoms with Crippen molar-refractivity contribution in [1.82, 2.24) is 9.97 Å². The molecule has 0 unspecified atom stereocenters. The maximum Gasteiger partial charge on any atom is 0.335 e. The summed E-state index contributed by atoms with van der Waals surface area (Å²) in [5.41, 5.74) is 3.31. The minimum atomic E-state index is -3.64. The van der Waals surface area contributed by atoms with Crippen molar-refractivity contribution in [3.8, 4) is 5.75 Å². The molecule has 2 heterocycles. The molecule has 3 aromatic rings. The fourth-order valence-electron chi connectivity index (χ4n) is 8.84. The number of carboxylic acid groups (broad SMARTS) is 1. The summed E-state index contributed by atoms with van der Waals surface area (Å²) < 4.78 is 39.7. The van der Waals surface area contributed by atoms with Crippen LogP contribution < -0.4 is 9.64 Å². The van der Waals surface area contributed by atoms with Crippen LogP contribution in [-0.2, 0) is 26.4 Å². The van der Waals surface area contributed by atoms with Crippen LogP contribution in [0.1, 0.15) is 72.9 Å². The van der Waals surface area contributed by atoms with Crippen molar-refractivity contribution in [3.63, 3.8) is 0 Å². The minimum Gasteiger partial charge on any atom is -0.490 e. The number of halogens is 1. The number of aryl methyl sites for hydroxylation is 1. The molecular weight excluding hydrogens is 638 g/mol. The number of benzene rings is 2. The van der Waals surface area contributed by atoms with Crippen molar-refractivity contribution in [2.24, 2.45) is 17.8 Å². The topological polar surface area (TPSA) is 119 Å². The quantitative estimate of drug-likeness (QED) is 0.271. The van der Waals surface area contributed by atoms with Crippen LogP contribution in [-0.4, -0.2) is 67.6 Å². The number of aromatic nitrogens is 2. The highest BCUT2D eigenvalue weighted by Gasteiger charge is 2.47. The van der Waals surface area contributed by atoms with Crippen LogP contribution in [0, 0.1) is 17.8 Å². The van der Waals surface area contributed by atoms with Crippen molar-refractivity contribution in [2.45, 2.75) is 79.7 Å². The molecule has 2 fully saturated rings. The first-order chi connectivity index (χ1) is 22.7. The third kappa shape index (κ3) is 6.13. The molecule has 3 aliphatic carbocycles. The van der Waals surface area contributed by atoms with Crippen LogP contribution in [0.3, 0.4) is 0 Å². The third-order valence-corrected chi connectivity index (χ3v) is 13.5. The zero-order chi connectivity index (χ0) is 32.8. The Kier molecular flexibility index (Phi) is 8.95. The number of ether oxygens (including phenoxy) is 2. The molecule has 1 aliphatic heterocycles. The van der Waals surface area contributed by atoms with Crippen LogP contribution in [0.15, 0.2) is 60.0 Å². The maximum absolute atomic E-state index is 13.5. The van der Waals surface area contributed by atoms with E-state index < -0.39 is 21.1 Å². The second kappa shape index (κ2) is 13.0. The zero-order valence-electron chi connectivity index (χ0n) is 26.7. The molecule has 47 heavy (non-hydrogen) atoms. The van der Waals surface area contributed by atoms with Gasteiger partial charge in [-0.3, -0.25) is 0 Å². The van der Waals surface area contributed by atoms with Gasteiger partial charge in [0, 0.05) is 43.0 Å². The molecule has 1 aromatic heterocycles. The van der Waals surface area contributed by atoms with Crippen molar-refractivity contribution in [1.29, 1.82) is 0 Å². The van der Waals surface area contributed by atoms with Crippen LogP contribution >= 0.6 is 11.6 Å². The van der Waals surface area contributed by atoms with Gasteiger partial charge in [-0.25, -0.2) is 23.2 Å². The Bertz CT molecular complexity index is 1740. The molecule has 0 amide bonds. The summed E-state index contributed by atoms with van der Waals surface area (Å²) in [6.07, 6.45) is 10.8. The second-order valence-electron chi connectivity index (χ2n) is 13.9. The lowest BCUT2D eigenvalue weighted by Gasteiger charge is -2.48. The summed E-state index contributed by atoms with van der Waals surface area (Å²) in [5, 5.41) is 10.0. The molecule has 7 rings (SSSR count). The van der Waals surface area contributed by atoms with E-state index in [-0.39, 0.29) is 34.1 Å². The molecule has 2 saturated carbocycles. The standard InChI is InChI=1S/C36H42ClN3O6S/c1-45-33(24-5-2-7-28(18-24)47(43,44)35-38-15-4-16-39-35)29-11-8-26(29)20-40-21-36(14-3-6-23-17-27(37)10-12-30(23)36)22-46-32-13-9-25(34(41)42)19-31(32)40/h4,9-10,12-13,15-17,19,24,26,28-29,33H,2-3,5-8,11,14,18,20-22H2,1H3,(H,41,42)/t24-,26-,28-,29+,33-,36-/m0/s1. The maximum atomic E-state index is 13.5. The van der Waals surface area contributed by atoms with E-state index in [4.69, 9.17) is 21.1 Å². The molecule has 2 aromatic carbocycles. The van der Waals surface area contributed by atoms with Gasteiger partial charge in [-0.2, -0.15) is 0 Å². The van der Waals surface area contributed by atoms with Crippen molar-refractivity contribution < 1.29 is 27.8 Å². The normalized spacial score (nSPS) is 27.9. The SMILES string of the molecule is CO[C@@H]([C@H]1CCC[C@H](S(=O)(=O)c2ncccn2)C1)[C@@H]1CC[C@H]1CN1C[C@@]2(CCCc3cc(Cl)ccc32)COc2ccc(C(=O)O)cc21. The Morgan fingerprint density at radius 2 is 1.96 bits per heavy atom. The molecular formula is C36H42ClN3O6S. The van der Waals surface area contributed by atoms with Crippen molar-refractivity contribution in [2.75, 3.05) is 31.7 Å². The largest absolute Gasteiger partial charge is 0.490 e. The number of carboxylic acids is 1. The molecule has 11 heteroatoms. The molecule has 0 radical (unpaired) electrons. The van der Waals surface area contributed by atoms with Gasteiger partial charge >= 0.3 is 5.97 Å². The molecule has 0 saturated heterocycles. The first kappa shape index (κ1) is 32.3. The Morgan fingerprint density at radius 1 is 1.13 bits per heavy atom. The van der Waals surface area contributed by atoms with E-state index in [1.165, 1.54) is 23.5 Å². The first-order valence-electron chi connectivity index (χ1n) is 16.8. The monoisotopic (exact) mass is 679 g/mol. The summed E-state index contributed by atoms with van der Waals surface area (Å²) in [7, 11) is -1.88. The second-order valence-corrected chi connectivity index (χ2v) is 16.5. The Morgan fingerprint density at radius 3 is 2.70 bits per heavy atom. The van der Waals surface area contributed by atoms with Crippen LogP contribution in [0.25, 0.3) is 0 Å². The van der Waals surface area contributed by atoms with E-state index in [1.54, 1.807) is 31.4 Å². The number of methoxy groups -OCH3 is 1. The number of aromatic carboxylic acids is 1. The van der Waals surface area contributed by atoms with Gasteiger partial charge in [0.05, 0.1) is 29.2 Å². The summed E-state index contributed by atoms with van der Waals surface area (Å²) >= 11 is 6.42. The lowest BCUT2D eigenvalue weighted by atomic mass is 9.65. The average Bonchev–Trinajstić information content (AvgIpc) is 3.22. The summed E-state index contributed by atoms with van der Waals surface area (Å²) in [4.78, 5) is 22.6. The van der Waals surface area contributed by atoms with Gasteiger partial charge in [-0.1, -0.05) is 24.1 Å². The van der Waals surface area contributed by atoms with Gasteiger partial charge in [-0.15, -0.1) is 0 Å². The van der Waals surface area contributed by atoms with E-state index in [2.05, 4.69) is 27.0 Å². The molecule has 9 nitrogen and oxygen atoms in total. The van der Waals surface area contributed by atoms with Gasteiger partial charge in [0.1, 0.15) is 5.75 Å². The number of hydrogen-bond acceptors (Lipinski definition) is 8. The molecule has 6 atom stereocenters. The number of sulfone groups is 1. The molecule has 0 bridgehead atoms. The first-order valence-corrected chi connectivity index (χ1v) is 18.7. The van der Waals surface area contributed by atoms with Crippen LogP contribution in [0.4, 0.5) is 5.69 Å². The number of carbonyl (C=O) groups is 1. The smallest absolute Gasteiger partial charge is 0.335 e. The molecule has 4 aliphatic rings. The third-order valence-electron chi connectivity index (χ3n) is 11.3. The predicted octanol–water partition coefficient (Wildman–Crippen LogP) is 6.38. The lowest BCUT2D eigenvalue weighted by Crippen LogP contribution is -2.51. The molecule has 1 N–H and O–H groups in total. The van der Waals surface area contributed by atoms with E-state index >= 15 is 0 Å². The lowest BCUT2D eigenvalue weighted by molar-refractivity contribution is -0.0589. The number of rotatable bonds is 8. The van der Waals surface area contributed by atoms with E-state index in [0.29, 0.717) is 37.7 Å². The number of anilines is 1. The zero-order valence-corrected chi connectivity index (χ0v) is 28.3. The van der Waals surface area contributed by atoms with Gasteiger partial charge in [0.2, 0.25) is 15.0 Å². The fraction of sp³-hybridized carbons (Fsp3) is 0.528. The summed E-state index contributed by atoms with van der Waals surface area (Å²) in [5.74, 6) is 0.426. The minimum absolute atomic E-state index is 0.0667. The number of fused-ring (bicyclic) bond motifs is 3. The Balaban J connectivity index is 1.16. The number of nitrogens with zero attached hydrogens (tertiary/aromatic N) is 3. The Labute approximate surface area is 281 Å². The molecule has 250 valence electrons. The fourth-order valence-corrected chi connectivity index (χ4v) is 10.7. The van der Waals surface area contributed by atoms with E-state index in [1.807, 2.05) is 6.07 Å². The van der Waals surface area contributed by atoms with Crippen LogP contribution in [0.2, 0.25) is 5.02 Å². The Hall–Kier alpha value is -3.21. The highest BCUT2D eigenvalue weighted by molar-refractivity contribution is 7.91. The van der Waals surface area contributed by atoms with Gasteiger partial charge in [0.15, 0.2) is 0 Å². The van der Waals surface area contributed by atoms with E-state index in [0.717, 1.165) is 62.2 Å². The van der Waals surface area contributed by atoms with Crippen LogP contribution in [0.5, 0.6) is 5.75 Å².